The summed E-state index contributed by atoms with van der Waals surface area (Å²) in [6.07, 6.45) is -0.718. The first-order valence-electron chi connectivity index (χ1n) is 6.22. The molecule has 1 aromatic rings. The lowest BCUT2D eigenvalue weighted by atomic mass is 9.86. The highest BCUT2D eigenvalue weighted by molar-refractivity contribution is 6.34. The van der Waals surface area contributed by atoms with Gasteiger partial charge in [-0.3, -0.25) is 0 Å². The molecule has 0 radical (unpaired) electrons. The minimum absolute atomic E-state index is 0.0116. The standard InChI is InChI=1S/C13H15BF2O/c1-9-8-12(17-14(15)16)10(2)13(9)11-6-4-3-5-7-11/h3-7,9,13H,8H2,1-2H3/t9-,13+/m0/s1/i8D/t8?,9-,13+. The second kappa shape index (κ2) is 4.90. The highest BCUT2D eigenvalue weighted by Gasteiger charge is 2.34. The minimum atomic E-state index is -2.86. The molecular formula is C13H15BF2O. The van der Waals surface area contributed by atoms with E-state index in [1.165, 1.54) is 0 Å². The maximum atomic E-state index is 12.4. The van der Waals surface area contributed by atoms with E-state index in [2.05, 4.69) is 4.65 Å². The third kappa shape index (κ3) is 2.51. The predicted molar refractivity (Wildman–Crippen MR) is 64.7 cm³/mol. The lowest BCUT2D eigenvalue weighted by Gasteiger charge is -2.17. The van der Waals surface area contributed by atoms with Crippen LogP contribution in [-0.2, 0) is 4.65 Å². The SMILES string of the molecule is [2H]C1C(OB(F)F)=C(C)[C@H](c2ccccc2)[C@H]1C. The van der Waals surface area contributed by atoms with E-state index < -0.39 is 13.9 Å². The summed E-state index contributed by atoms with van der Waals surface area (Å²) in [7, 11) is -2.86. The molecule has 1 unspecified atom stereocenters. The molecule has 0 amide bonds. The lowest BCUT2D eigenvalue weighted by Crippen LogP contribution is -2.04. The summed E-state index contributed by atoms with van der Waals surface area (Å²) in [4.78, 5) is 0. The van der Waals surface area contributed by atoms with Gasteiger partial charge >= 0.3 is 7.47 Å². The van der Waals surface area contributed by atoms with Crippen LogP contribution in [0.15, 0.2) is 41.7 Å². The quantitative estimate of drug-likeness (QED) is 0.721. The van der Waals surface area contributed by atoms with Crippen LogP contribution in [0.2, 0.25) is 0 Å². The minimum Gasteiger partial charge on any atom is -0.509 e. The predicted octanol–water partition coefficient (Wildman–Crippen LogP) is 4.02. The molecule has 0 aliphatic heterocycles. The Bertz CT molecular complexity index is 450. The van der Waals surface area contributed by atoms with Crippen LogP contribution < -0.4 is 0 Å². The van der Waals surface area contributed by atoms with Crippen molar-refractivity contribution in [2.24, 2.45) is 5.92 Å². The van der Waals surface area contributed by atoms with Crippen LogP contribution in [0.1, 0.15) is 33.1 Å². The number of hydrogen-bond acceptors (Lipinski definition) is 1. The van der Waals surface area contributed by atoms with Crippen molar-refractivity contribution in [3.05, 3.63) is 47.2 Å². The molecule has 1 aromatic carbocycles. The first-order chi connectivity index (χ1) is 8.52. The van der Waals surface area contributed by atoms with Gasteiger partial charge in [0.1, 0.15) is 0 Å². The smallest absolute Gasteiger partial charge is 0.509 e. The van der Waals surface area contributed by atoms with Crippen LogP contribution in [0.5, 0.6) is 0 Å². The Balaban J connectivity index is 2.34. The van der Waals surface area contributed by atoms with Crippen molar-refractivity contribution in [2.75, 3.05) is 0 Å². The molecule has 17 heavy (non-hydrogen) atoms. The van der Waals surface area contributed by atoms with Gasteiger partial charge in [-0.15, -0.1) is 0 Å². The summed E-state index contributed by atoms with van der Waals surface area (Å²) in [5.74, 6) is 0.0648. The van der Waals surface area contributed by atoms with Gasteiger partial charge in [0.15, 0.2) is 0 Å². The summed E-state index contributed by atoms with van der Waals surface area (Å²) in [5.41, 5.74) is 1.79. The largest absolute Gasteiger partial charge is 0.796 e. The molecule has 1 aliphatic carbocycles. The van der Waals surface area contributed by atoms with Gasteiger partial charge in [-0.2, -0.15) is 0 Å². The Labute approximate surface area is 102 Å². The van der Waals surface area contributed by atoms with E-state index in [9.17, 15) is 8.63 Å². The first-order valence-corrected chi connectivity index (χ1v) is 5.65. The zero-order chi connectivity index (χ0) is 13.3. The molecule has 2 rings (SSSR count). The van der Waals surface area contributed by atoms with Crippen molar-refractivity contribution >= 4 is 7.47 Å². The Morgan fingerprint density at radius 3 is 2.59 bits per heavy atom. The van der Waals surface area contributed by atoms with Gasteiger partial charge in [-0.1, -0.05) is 37.3 Å². The molecule has 4 heteroatoms. The van der Waals surface area contributed by atoms with Crippen LogP contribution >= 0.6 is 0 Å². The molecule has 0 fully saturated rings. The highest BCUT2D eigenvalue weighted by Crippen LogP contribution is 2.43. The van der Waals surface area contributed by atoms with Crippen molar-refractivity contribution in [1.82, 2.24) is 0 Å². The van der Waals surface area contributed by atoms with Crippen LogP contribution in [0, 0.1) is 5.92 Å². The van der Waals surface area contributed by atoms with Crippen molar-refractivity contribution in [2.45, 2.75) is 26.2 Å². The Morgan fingerprint density at radius 2 is 2.00 bits per heavy atom. The van der Waals surface area contributed by atoms with Crippen molar-refractivity contribution < 1.29 is 14.7 Å². The molecular weight excluding hydrogens is 221 g/mol. The maximum absolute atomic E-state index is 12.4. The van der Waals surface area contributed by atoms with Gasteiger partial charge < -0.3 is 4.65 Å². The maximum Gasteiger partial charge on any atom is 0.796 e. The van der Waals surface area contributed by atoms with E-state index in [1.807, 2.05) is 37.3 Å². The van der Waals surface area contributed by atoms with E-state index in [1.54, 1.807) is 6.92 Å². The van der Waals surface area contributed by atoms with E-state index in [0.717, 1.165) is 11.1 Å². The number of allylic oxidation sites excluding steroid dienone is 2. The summed E-state index contributed by atoms with van der Waals surface area (Å²) in [6, 6.07) is 9.67. The van der Waals surface area contributed by atoms with Crippen molar-refractivity contribution in [3.8, 4) is 0 Å². The molecule has 3 atom stereocenters. The van der Waals surface area contributed by atoms with E-state index in [0.29, 0.717) is 0 Å². The third-order valence-electron chi connectivity index (χ3n) is 3.17. The van der Waals surface area contributed by atoms with E-state index >= 15 is 0 Å². The molecule has 0 saturated heterocycles. The number of halogens is 2. The summed E-state index contributed by atoms with van der Waals surface area (Å²) >= 11 is 0. The third-order valence-corrected chi connectivity index (χ3v) is 3.17. The summed E-state index contributed by atoms with van der Waals surface area (Å²) in [5, 5.41) is 0. The number of benzene rings is 1. The van der Waals surface area contributed by atoms with E-state index in [4.69, 9.17) is 1.37 Å². The summed E-state index contributed by atoms with van der Waals surface area (Å²) < 4.78 is 37.2. The van der Waals surface area contributed by atoms with Crippen LogP contribution in [0.4, 0.5) is 8.63 Å². The van der Waals surface area contributed by atoms with Crippen molar-refractivity contribution in [3.63, 3.8) is 0 Å². The average Bonchev–Trinajstić information content (AvgIpc) is 2.54. The fourth-order valence-corrected chi connectivity index (χ4v) is 2.46. The number of rotatable bonds is 3. The highest BCUT2D eigenvalue weighted by atomic mass is 19.2. The zero-order valence-electron chi connectivity index (χ0n) is 10.9. The topological polar surface area (TPSA) is 9.23 Å². The normalized spacial score (nSPS) is 29.2. The molecule has 90 valence electrons. The summed E-state index contributed by atoms with van der Waals surface area (Å²) in [6.45, 7) is 3.68. The van der Waals surface area contributed by atoms with Gasteiger partial charge in [0.2, 0.25) is 0 Å². The molecule has 0 N–H and O–H groups in total. The Morgan fingerprint density at radius 1 is 1.35 bits per heavy atom. The van der Waals surface area contributed by atoms with Gasteiger partial charge in [-0.25, -0.2) is 8.63 Å². The average molecular weight is 237 g/mol. The molecule has 0 aromatic heterocycles. The number of hydrogen-bond donors (Lipinski definition) is 0. The second-order valence-electron chi connectivity index (χ2n) is 4.34. The monoisotopic (exact) mass is 237 g/mol. The Hall–Kier alpha value is -1.32. The van der Waals surface area contributed by atoms with Gasteiger partial charge in [0.05, 0.1) is 5.76 Å². The van der Waals surface area contributed by atoms with Crippen molar-refractivity contribution in [1.29, 1.82) is 0 Å². The van der Waals surface area contributed by atoms with Gasteiger partial charge in [0, 0.05) is 13.7 Å². The van der Waals surface area contributed by atoms with Gasteiger partial charge in [0.25, 0.3) is 0 Å². The molecule has 0 bridgehead atoms. The van der Waals surface area contributed by atoms with Crippen LogP contribution in [0.25, 0.3) is 0 Å². The van der Waals surface area contributed by atoms with E-state index in [-0.39, 0.29) is 17.6 Å². The Kier molecular flexibility index (Phi) is 3.12. The molecule has 1 nitrogen and oxygen atoms in total. The van der Waals surface area contributed by atoms with Gasteiger partial charge in [-0.05, 0) is 24.0 Å². The fraction of sp³-hybridized carbons (Fsp3) is 0.385. The van der Waals surface area contributed by atoms with Crippen LogP contribution in [0.3, 0.4) is 0 Å². The first kappa shape index (κ1) is 10.8. The fourth-order valence-electron chi connectivity index (χ4n) is 2.46. The molecule has 0 saturated carbocycles. The molecule has 0 heterocycles. The molecule has 0 spiro atoms. The lowest BCUT2D eigenvalue weighted by molar-refractivity contribution is 0.319. The molecule has 1 aliphatic rings. The van der Waals surface area contributed by atoms with Crippen LogP contribution in [-0.4, -0.2) is 7.47 Å². The zero-order valence-corrected chi connectivity index (χ0v) is 9.86. The second-order valence-corrected chi connectivity index (χ2v) is 4.34.